The van der Waals surface area contributed by atoms with E-state index < -0.39 is 16.0 Å². The summed E-state index contributed by atoms with van der Waals surface area (Å²) in [5.74, 6) is -0.993. The molecule has 0 bridgehead atoms. The average molecular weight is 269 g/mol. The van der Waals surface area contributed by atoms with Gasteiger partial charge in [-0.2, -0.15) is 0 Å². The van der Waals surface area contributed by atoms with Crippen molar-refractivity contribution >= 4 is 16.0 Å². The normalized spacial score (nSPS) is 17.4. The van der Waals surface area contributed by atoms with Crippen molar-refractivity contribution in [3.8, 4) is 0 Å². The van der Waals surface area contributed by atoms with Gasteiger partial charge in [0.25, 0.3) is 0 Å². The van der Waals surface area contributed by atoms with E-state index in [-0.39, 0.29) is 16.9 Å². The second-order valence-electron chi connectivity index (χ2n) is 4.51. The van der Waals surface area contributed by atoms with E-state index in [4.69, 9.17) is 5.11 Å². The van der Waals surface area contributed by atoms with Crippen LogP contribution in [0.25, 0.3) is 0 Å². The lowest BCUT2D eigenvalue weighted by Gasteiger charge is -2.14. The van der Waals surface area contributed by atoms with E-state index in [9.17, 15) is 13.2 Å². The van der Waals surface area contributed by atoms with Gasteiger partial charge in [0.2, 0.25) is 10.0 Å². The zero-order chi connectivity index (χ0) is 13.3. The number of hydrogen-bond donors (Lipinski definition) is 2. The Morgan fingerprint density at radius 2 is 1.89 bits per heavy atom. The van der Waals surface area contributed by atoms with Gasteiger partial charge in [-0.3, -0.25) is 0 Å². The van der Waals surface area contributed by atoms with Gasteiger partial charge in [-0.25, -0.2) is 17.9 Å². The van der Waals surface area contributed by atoms with Crippen LogP contribution in [0.1, 0.15) is 41.7 Å². The Morgan fingerprint density at radius 3 is 2.33 bits per heavy atom. The molecule has 0 saturated heterocycles. The molecule has 0 aromatic heterocycles. The summed E-state index contributed by atoms with van der Waals surface area (Å²) in [5, 5.41) is 8.52. The molecule has 0 radical (unpaired) electrons. The first-order valence-electron chi connectivity index (χ1n) is 5.74. The molecular formula is C12H15NO4S. The molecule has 1 saturated carbocycles. The Morgan fingerprint density at radius 1 is 1.33 bits per heavy atom. The number of hydrogen-bond acceptors (Lipinski definition) is 3. The number of nitrogens with one attached hydrogen (secondary N) is 1. The van der Waals surface area contributed by atoms with Crippen LogP contribution in [-0.2, 0) is 10.0 Å². The zero-order valence-corrected chi connectivity index (χ0v) is 10.8. The number of benzene rings is 1. The van der Waals surface area contributed by atoms with Crippen molar-refractivity contribution in [3.05, 3.63) is 35.4 Å². The standard InChI is InChI=1S/C12H15NO4S/c1-8(13-18(16,17)11-6-7-11)9-2-4-10(5-3-9)12(14)15/h2-5,8,11,13H,6-7H2,1H3,(H,14,15). The number of carboxylic acids is 1. The van der Waals surface area contributed by atoms with E-state index >= 15 is 0 Å². The second-order valence-corrected chi connectivity index (χ2v) is 6.50. The van der Waals surface area contributed by atoms with Gasteiger partial charge in [-0.05, 0) is 37.5 Å². The van der Waals surface area contributed by atoms with Gasteiger partial charge in [0, 0.05) is 6.04 Å². The van der Waals surface area contributed by atoms with E-state index in [1.165, 1.54) is 12.1 Å². The van der Waals surface area contributed by atoms with Crippen LogP contribution >= 0.6 is 0 Å². The van der Waals surface area contributed by atoms with Gasteiger partial charge in [0.05, 0.1) is 10.8 Å². The fourth-order valence-electron chi connectivity index (χ4n) is 1.70. The smallest absolute Gasteiger partial charge is 0.335 e. The minimum atomic E-state index is -3.23. The van der Waals surface area contributed by atoms with Crippen LogP contribution in [0, 0.1) is 0 Å². The van der Waals surface area contributed by atoms with Crippen molar-refractivity contribution in [1.82, 2.24) is 4.72 Å². The summed E-state index contributed by atoms with van der Waals surface area (Å²) in [7, 11) is -3.23. The van der Waals surface area contributed by atoms with Gasteiger partial charge in [-0.15, -0.1) is 0 Å². The van der Waals surface area contributed by atoms with E-state index in [1.807, 2.05) is 0 Å². The lowest BCUT2D eigenvalue weighted by Crippen LogP contribution is -2.29. The molecule has 0 amide bonds. The van der Waals surface area contributed by atoms with Gasteiger partial charge < -0.3 is 5.11 Å². The fourth-order valence-corrected chi connectivity index (χ4v) is 3.28. The van der Waals surface area contributed by atoms with Crippen molar-refractivity contribution in [2.45, 2.75) is 31.1 Å². The molecule has 2 rings (SSSR count). The number of aromatic carboxylic acids is 1. The van der Waals surface area contributed by atoms with Crippen LogP contribution < -0.4 is 4.72 Å². The highest BCUT2D eigenvalue weighted by molar-refractivity contribution is 7.90. The topological polar surface area (TPSA) is 83.5 Å². The summed E-state index contributed by atoms with van der Waals surface area (Å²) < 4.78 is 26.1. The Hall–Kier alpha value is -1.40. The molecule has 1 aliphatic carbocycles. The maximum Gasteiger partial charge on any atom is 0.335 e. The third-order valence-electron chi connectivity index (χ3n) is 2.96. The molecule has 1 fully saturated rings. The lowest BCUT2D eigenvalue weighted by atomic mass is 10.1. The summed E-state index contributed by atoms with van der Waals surface area (Å²) >= 11 is 0. The first kappa shape index (κ1) is 13.0. The minimum Gasteiger partial charge on any atom is -0.478 e. The number of carboxylic acid groups (broad SMARTS) is 1. The molecule has 2 N–H and O–H groups in total. The summed E-state index contributed by atoms with van der Waals surface area (Å²) in [6.45, 7) is 1.75. The van der Waals surface area contributed by atoms with Gasteiger partial charge in [-0.1, -0.05) is 12.1 Å². The molecule has 1 atom stereocenters. The molecule has 0 heterocycles. The summed E-state index contributed by atoms with van der Waals surface area (Å²) in [6, 6.07) is 5.85. The monoisotopic (exact) mass is 269 g/mol. The second kappa shape index (κ2) is 4.70. The Balaban J connectivity index is 2.09. The Bertz CT molecular complexity index is 546. The van der Waals surface area contributed by atoms with Crippen LogP contribution in [0.5, 0.6) is 0 Å². The van der Waals surface area contributed by atoms with Crippen LogP contribution in [0.4, 0.5) is 0 Å². The molecule has 98 valence electrons. The van der Waals surface area contributed by atoms with Crippen LogP contribution in [0.3, 0.4) is 0 Å². The third kappa shape index (κ3) is 2.88. The van der Waals surface area contributed by atoms with Crippen molar-refractivity contribution < 1.29 is 18.3 Å². The van der Waals surface area contributed by atoms with Gasteiger partial charge in [0.15, 0.2) is 0 Å². The van der Waals surface area contributed by atoms with Crippen LogP contribution in [-0.4, -0.2) is 24.7 Å². The van der Waals surface area contributed by atoms with Gasteiger partial charge in [0.1, 0.15) is 0 Å². The summed E-state index contributed by atoms with van der Waals surface area (Å²) in [5.41, 5.74) is 0.945. The van der Waals surface area contributed by atoms with Crippen LogP contribution in [0.2, 0.25) is 0 Å². The third-order valence-corrected chi connectivity index (χ3v) is 4.99. The summed E-state index contributed by atoms with van der Waals surface area (Å²) in [4.78, 5) is 10.7. The molecule has 0 aliphatic heterocycles. The molecule has 1 aromatic carbocycles. The predicted molar refractivity (Wildman–Crippen MR) is 66.9 cm³/mol. The Kier molecular flexibility index (Phi) is 3.41. The maximum atomic E-state index is 11.7. The van der Waals surface area contributed by atoms with Gasteiger partial charge >= 0.3 is 5.97 Å². The van der Waals surface area contributed by atoms with Crippen molar-refractivity contribution in [2.75, 3.05) is 0 Å². The molecule has 1 aliphatic rings. The average Bonchev–Trinajstić information content (AvgIpc) is 3.12. The molecule has 18 heavy (non-hydrogen) atoms. The molecule has 1 unspecified atom stereocenters. The lowest BCUT2D eigenvalue weighted by molar-refractivity contribution is 0.0697. The predicted octanol–water partition coefficient (Wildman–Crippen LogP) is 1.53. The van der Waals surface area contributed by atoms with E-state index in [0.29, 0.717) is 0 Å². The Labute approximate surface area is 106 Å². The van der Waals surface area contributed by atoms with E-state index in [0.717, 1.165) is 18.4 Å². The highest BCUT2D eigenvalue weighted by Gasteiger charge is 2.36. The SMILES string of the molecule is CC(NS(=O)(=O)C1CC1)c1ccc(C(=O)O)cc1. The highest BCUT2D eigenvalue weighted by atomic mass is 32.2. The quantitative estimate of drug-likeness (QED) is 0.849. The molecule has 6 heteroatoms. The largest absolute Gasteiger partial charge is 0.478 e. The van der Waals surface area contributed by atoms with Crippen molar-refractivity contribution in [3.63, 3.8) is 0 Å². The van der Waals surface area contributed by atoms with Crippen molar-refractivity contribution in [1.29, 1.82) is 0 Å². The minimum absolute atomic E-state index is 0.191. The molecule has 0 spiro atoms. The van der Waals surface area contributed by atoms with Crippen molar-refractivity contribution in [2.24, 2.45) is 0 Å². The molecular weight excluding hydrogens is 254 g/mol. The fraction of sp³-hybridized carbons (Fsp3) is 0.417. The first-order chi connectivity index (χ1) is 8.40. The van der Waals surface area contributed by atoms with E-state index in [2.05, 4.69) is 4.72 Å². The number of sulfonamides is 1. The summed E-state index contributed by atoms with van der Waals surface area (Å²) in [6.07, 6.45) is 1.44. The maximum absolute atomic E-state index is 11.7. The molecule has 5 nitrogen and oxygen atoms in total. The molecule has 1 aromatic rings. The highest BCUT2D eigenvalue weighted by Crippen LogP contribution is 2.29. The number of carbonyl (C=O) groups is 1. The van der Waals surface area contributed by atoms with Crippen LogP contribution in [0.15, 0.2) is 24.3 Å². The number of rotatable bonds is 5. The zero-order valence-electron chi connectivity index (χ0n) is 9.96. The van der Waals surface area contributed by atoms with E-state index in [1.54, 1.807) is 19.1 Å². The first-order valence-corrected chi connectivity index (χ1v) is 7.29.